The van der Waals surface area contributed by atoms with Gasteiger partial charge in [-0.15, -0.1) is 0 Å². The minimum atomic E-state index is -0.268. The van der Waals surface area contributed by atoms with E-state index in [1.165, 1.54) is 0 Å². The molecule has 1 aromatic carbocycles. The van der Waals surface area contributed by atoms with Crippen LogP contribution in [0.3, 0.4) is 0 Å². The highest BCUT2D eigenvalue weighted by Gasteiger charge is 2.19. The number of carbonyl (C=O) groups is 1. The molecule has 1 rings (SSSR count). The molecule has 0 bridgehead atoms. The van der Waals surface area contributed by atoms with E-state index in [0.29, 0.717) is 0 Å². The Kier molecular flexibility index (Phi) is 4.97. The summed E-state index contributed by atoms with van der Waals surface area (Å²) < 4.78 is 0. The third-order valence-electron chi connectivity index (χ3n) is 2.64. The first-order valence-electron chi connectivity index (χ1n) is 5.69. The van der Waals surface area contributed by atoms with Crippen LogP contribution in [0.5, 0.6) is 0 Å². The number of carbonyl (C=O) groups excluding carboxylic acids is 1. The molecule has 0 spiro atoms. The zero-order valence-corrected chi connectivity index (χ0v) is 11.1. The number of benzene rings is 1. The lowest BCUT2D eigenvalue weighted by molar-refractivity contribution is -0.121. The Labute approximate surface area is 107 Å². The predicted molar refractivity (Wildman–Crippen MR) is 71.0 cm³/mol. The van der Waals surface area contributed by atoms with Gasteiger partial charge in [-0.2, -0.15) is 0 Å². The fourth-order valence-electron chi connectivity index (χ4n) is 1.64. The number of hydrogen-bond acceptors (Lipinski definition) is 2. The van der Waals surface area contributed by atoms with Crippen LogP contribution in [0, 0.1) is 0 Å². The molecule has 0 heterocycles. The highest BCUT2D eigenvalue weighted by atomic mass is 35.5. The molecular formula is C13H19ClN2O. The van der Waals surface area contributed by atoms with Gasteiger partial charge in [-0.1, -0.05) is 29.8 Å². The third kappa shape index (κ3) is 4.75. The molecule has 1 amide bonds. The SMILES string of the molecule is CC(C)(CCc1ccccc1Cl)NC(=O)CN. The molecule has 0 saturated heterocycles. The van der Waals surface area contributed by atoms with Gasteiger partial charge < -0.3 is 11.1 Å². The maximum absolute atomic E-state index is 11.2. The average molecular weight is 255 g/mol. The van der Waals surface area contributed by atoms with Crippen LogP contribution in [-0.4, -0.2) is 18.0 Å². The maximum Gasteiger partial charge on any atom is 0.234 e. The molecular weight excluding hydrogens is 236 g/mol. The van der Waals surface area contributed by atoms with Crippen molar-refractivity contribution in [2.75, 3.05) is 6.54 Å². The van der Waals surface area contributed by atoms with Crippen LogP contribution >= 0.6 is 11.6 Å². The zero-order chi connectivity index (χ0) is 12.9. The van der Waals surface area contributed by atoms with Crippen molar-refractivity contribution in [1.29, 1.82) is 0 Å². The van der Waals surface area contributed by atoms with E-state index in [4.69, 9.17) is 17.3 Å². The van der Waals surface area contributed by atoms with E-state index in [9.17, 15) is 4.79 Å². The molecule has 3 nitrogen and oxygen atoms in total. The van der Waals surface area contributed by atoms with Gasteiger partial charge in [0.25, 0.3) is 0 Å². The molecule has 0 aliphatic rings. The minimum absolute atomic E-state index is 0.0233. The van der Waals surface area contributed by atoms with Crippen LogP contribution in [0.25, 0.3) is 0 Å². The van der Waals surface area contributed by atoms with Gasteiger partial charge in [-0.05, 0) is 38.3 Å². The third-order valence-corrected chi connectivity index (χ3v) is 3.01. The molecule has 0 saturated carbocycles. The molecule has 17 heavy (non-hydrogen) atoms. The Bertz CT molecular complexity index is 391. The van der Waals surface area contributed by atoms with Gasteiger partial charge in [-0.25, -0.2) is 0 Å². The summed E-state index contributed by atoms with van der Waals surface area (Å²) in [5, 5.41) is 3.66. The van der Waals surface area contributed by atoms with Gasteiger partial charge in [0.15, 0.2) is 0 Å². The molecule has 0 unspecified atom stereocenters. The van der Waals surface area contributed by atoms with E-state index < -0.39 is 0 Å². The van der Waals surface area contributed by atoms with E-state index in [1.807, 2.05) is 38.1 Å². The molecule has 94 valence electrons. The van der Waals surface area contributed by atoms with Crippen LogP contribution in [0.2, 0.25) is 5.02 Å². The Morgan fingerprint density at radius 2 is 2.06 bits per heavy atom. The molecule has 0 radical (unpaired) electrons. The second-order valence-corrected chi connectivity index (χ2v) is 5.13. The minimum Gasteiger partial charge on any atom is -0.350 e. The Balaban J connectivity index is 2.55. The number of hydrogen-bond donors (Lipinski definition) is 2. The van der Waals surface area contributed by atoms with Crippen LogP contribution in [0.4, 0.5) is 0 Å². The second kappa shape index (κ2) is 6.03. The Morgan fingerprint density at radius 3 is 2.65 bits per heavy atom. The van der Waals surface area contributed by atoms with E-state index >= 15 is 0 Å². The van der Waals surface area contributed by atoms with Gasteiger partial charge in [0.1, 0.15) is 0 Å². The van der Waals surface area contributed by atoms with Crippen molar-refractivity contribution in [2.24, 2.45) is 5.73 Å². The van der Waals surface area contributed by atoms with Gasteiger partial charge in [-0.3, -0.25) is 4.79 Å². The number of nitrogens with two attached hydrogens (primary N) is 1. The molecule has 0 aliphatic heterocycles. The van der Waals surface area contributed by atoms with Crippen molar-refractivity contribution in [1.82, 2.24) is 5.32 Å². The monoisotopic (exact) mass is 254 g/mol. The number of halogens is 1. The van der Waals surface area contributed by atoms with Crippen LogP contribution in [0.15, 0.2) is 24.3 Å². The maximum atomic E-state index is 11.2. The van der Waals surface area contributed by atoms with E-state index in [1.54, 1.807) is 0 Å². The summed E-state index contributed by atoms with van der Waals surface area (Å²) in [4.78, 5) is 11.2. The zero-order valence-electron chi connectivity index (χ0n) is 10.3. The molecule has 0 fully saturated rings. The molecule has 0 atom stereocenters. The normalized spacial score (nSPS) is 11.3. The van der Waals surface area contributed by atoms with Crippen molar-refractivity contribution < 1.29 is 4.79 Å². The lowest BCUT2D eigenvalue weighted by Crippen LogP contribution is -2.46. The summed E-state index contributed by atoms with van der Waals surface area (Å²) in [5.41, 5.74) is 6.11. The highest BCUT2D eigenvalue weighted by molar-refractivity contribution is 6.31. The molecule has 3 N–H and O–H groups in total. The van der Waals surface area contributed by atoms with Crippen LogP contribution in [0.1, 0.15) is 25.8 Å². The van der Waals surface area contributed by atoms with Crippen molar-refractivity contribution >= 4 is 17.5 Å². The topological polar surface area (TPSA) is 55.1 Å². The lowest BCUT2D eigenvalue weighted by atomic mass is 9.95. The fourth-order valence-corrected chi connectivity index (χ4v) is 1.87. The summed E-state index contributed by atoms with van der Waals surface area (Å²) in [6.45, 7) is 3.99. The Morgan fingerprint density at radius 1 is 1.41 bits per heavy atom. The van der Waals surface area contributed by atoms with E-state index in [2.05, 4.69) is 5.32 Å². The first kappa shape index (κ1) is 14.0. The summed E-state index contributed by atoms with van der Waals surface area (Å²) >= 11 is 6.08. The standard InChI is InChI=1S/C13H19ClN2O/c1-13(2,16-12(17)9-15)8-7-10-5-3-4-6-11(10)14/h3-6H,7-9,15H2,1-2H3,(H,16,17). The van der Waals surface area contributed by atoms with Crippen molar-refractivity contribution in [3.05, 3.63) is 34.9 Å². The average Bonchev–Trinajstić information content (AvgIpc) is 2.27. The van der Waals surface area contributed by atoms with Gasteiger partial charge >= 0.3 is 0 Å². The first-order chi connectivity index (χ1) is 7.94. The van der Waals surface area contributed by atoms with Gasteiger partial charge in [0, 0.05) is 10.6 Å². The quantitative estimate of drug-likeness (QED) is 0.846. The summed E-state index contributed by atoms with van der Waals surface area (Å²) in [6.07, 6.45) is 1.65. The fraction of sp³-hybridized carbons (Fsp3) is 0.462. The largest absolute Gasteiger partial charge is 0.350 e. The van der Waals surface area contributed by atoms with Crippen LogP contribution < -0.4 is 11.1 Å². The van der Waals surface area contributed by atoms with Gasteiger partial charge in [0.05, 0.1) is 6.54 Å². The smallest absolute Gasteiger partial charge is 0.234 e. The first-order valence-corrected chi connectivity index (χ1v) is 6.07. The van der Waals surface area contributed by atoms with Crippen molar-refractivity contribution in [3.8, 4) is 0 Å². The van der Waals surface area contributed by atoms with Crippen LogP contribution in [-0.2, 0) is 11.2 Å². The summed E-state index contributed by atoms with van der Waals surface area (Å²) in [7, 11) is 0. The number of nitrogens with one attached hydrogen (secondary N) is 1. The highest BCUT2D eigenvalue weighted by Crippen LogP contribution is 2.20. The summed E-state index contributed by atoms with van der Waals surface area (Å²) in [5.74, 6) is -0.130. The predicted octanol–water partition coefficient (Wildman–Crippen LogP) is 2.13. The second-order valence-electron chi connectivity index (χ2n) is 4.73. The molecule has 1 aromatic rings. The number of aryl methyl sites for hydroxylation is 1. The van der Waals surface area contributed by atoms with Crippen molar-refractivity contribution in [3.63, 3.8) is 0 Å². The lowest BCUT2D eigenvalue weighted by Gasteiger charge is -2.26. The number of rotatable bonds is 5. The van der Waals surface area contributed by atoms with E-state index in [-0.39, 0.29) is 18.0 Å². The molecule has 0 aromatic heterocycles. The van der Waals surface area contributed by atoms with Gasteiger partial charge in [0.2, 0.25) is 5.91 Å². The molecule has 0 aliphatic carbocycles. The number of amides is 1. The van der Waals surface area contributed by atoms with E-state index in [0.717, 1.165) is 23.4 Å². The Hall–Kier alpha value is -1.06. The van der Waals surface area contributed by atoms with Crippen molar-refractivity contribution in [2.45, 2.75) is 32.2 Å². The molecule has 4 heteroatoms. The summed E-state index contributed by atoms with van der Waals surface area (Å²) in [6, 6.07) is 7.76.